The topological polar surface area (TPSA) is 127 Å². The van der Waals surface area contributed by atoms with Crippen LogP contribution in [0.4, 0.5) is 0 Å². The Bertz CT molecular complexity index is 1280. The van der Waals surface area contributed by atoms with Gasteiger partial charge in [-0.3, -0.25) is 4.79 Å². The van der Waals surface area contributed by atoms with E-state index >= 15 is 0 Å². The molecule has 1 fully saturated rings. The second-order valence-corrected chi connectivity index (χ2v) is 8.27. The van der Waals surface area contributed by atoms with Gasteiger partial charge in [0.2, 0.25) is 11.8 Å². The SMILES string of the molecule is Cc1nnc(-c2ccc(-c3nc4nc(OC5CCC(C(=O)O)CC5)[nH]c4cc3Cl)cc2)o1. The third-order valence-corrected chi connectivity index (χ3v) is 5.93. The predicted molar refractivity (Wildman–Crippen MR) is 116 cm³/mol. The first-order chi connectivity index (χ1) is 15.5. The van der Waals surface area contributed by atoms with E-state index in [4.69, 9.17) is 25.9 Å². The van der Waals surface area contributed by atoms with Gasteiger partial charge in [-0.1, -0.05) is 23.7 Å². The average molecular weight is 454 g/mol. The molecule has 0 aliphatic heterocycles. The van der Waals surface area contributed by atoms with Gasteiger partial charge in [0.15, 0.2) is 5.65 Å². The molecule has 1 saturated carbocycles. The first-order valence-corrected chi connectivity index (χ1v) is 10.7. The van der Waals surface area contributed by atoms with Crippen molar-refractivity contribution >= 4 is 28.7 Å². The number of imidazole rings is 1. The fourth-order valence-corrected chi connectivity index (χ4v) is 4.18. The molecule has 3 aromatic heterocycles. The van der Waals surface area contributed by atoms with Gasteiger partial charge in [-0.25, -0.2) is 4.98 Å². The summed E-state index contributed by atoms with van der Waals surface area (Å²) in [5.74, 6) is -0.0663. The van der Waals surface area contributed by atoms with E-state index in [0.29, 0.717) is 65.4 Å². The molecule has 0 unspecified atom stereocenters. The summed E-state index contributed by atoms with van der Waals surface area (Å²) < 4.78 is 11.4. The molecule has 1 aromatic carbocycles. The molecule has 1 aliphatic rings. The maximum absolute atomic E-state index is 11.1. The van der Waals surface area contributed by atoms with E-state index < -0.39 is 5.97 Å². The van der Waals surface area contributed by atoms with E-state index in [1.54, 1.807) is 13.0 Å². The van der Waals surface area contributed by atoms with Crippen molar-refractivity contribution in [2.75, 3.05) is 0 Å². The highest BCUT2D eigenvalue weighted by atomic mass is 35.5. The molecule has 2 N–H and O–H groups in total. The summed E-state index contributed by atoms with van der Waals surface area (Å²) in [4.78, 5) is 23.3. The zero-order valence-corrected chi connectivity index (χ0v) is 18.0. The normalized spacial score (nSPS) is 18.7. The van der Waals surface area contributed by atoms with Crippen molar-refractivity contribution in [2.45, 2.75) is 38.7 Å². The van der Waals surface area contributed by atoms with E-state index in [-0.39, 0.29) is 12.0 Å². The van der Waals surface area contributed by atoms with Crippen molar-refractivity contribution in [2.24, 2.45) is 5.92 Å². The number of benzene rings is 1. The minimum absolute atomic E-state index is 0.0676. The monoisotopic (exact) mass is 453 g/mol. The van der Waals surface area contributed by atoms with Gasteiger partial charge in [-0.15, -0.1) is 10.2 Å². The number of halogens is 1. The van der Waals surface area contributed by atoms with Crippen molar-refractivity contribution in [1.29, 1.82) is 0 Å². The number of carbonyl (C=O) groups is 1. The molecule has 164 valence electrons. The van der Waals surface area contributed by atoms with E-state index in [1.165, 1.54) is 0 Å². The number of aromatic amines is 1. The van der Waals surface area contributed by atoms with Gasteiger partial charge in [0.05, 0.1) is 22.2 Å². The van der Waals surface area contributed by atoms with Gasteiger partial charge in [-0.05, 0) is 43.9 Å². The van der Waals surface area contributed by atoms with E-state index in [2.05, 4.69) is 25.1 Å². The van der Waals surface area contributed by atoms with Gasteiger partial charge >= 0.3 is 5.97 Å². The molecule has 0 bridgehead atoms. The van der Waals surface area contributed by atoms with Gasteiger partial charge in [0.1, 0.15) is 6.10 Å². The fourth-order valence-electron chi connectivity index (χ4n) is 3.92. The summed E-state index contributed by atoms with van der Waals surface area (Å²) in [7, 11) is 0. The lowest BCUT2D eigenvalue weighted by atomic mass is 9.87. The number of aromatic nitrogens is 5. The lowest BCUT2D eigenvalue weighted by molar-refractivity contribution is -0.143. The highest BCUT2D eigenvalue weighted by Crippen LogP contribution is 2.32. The van der Waals surface area contributed by atoms with Crippen LogP contribution in [0.5, 0.6) is 6.01 Å². The lowest BCUT2D eigenvalue weighted by Gasteiger charge is -2.25. The van der Waals surface area contributed by atoms with Gasteiger partial charge in [-0.2, -0.15) is 4.98 Å². The number of aryl methyl sites for hydroxylation is 1. The molecule has 9 nitrogen and oxygen atoms in total. The summed E-state index contributed by atoms with van der Waals surface area (Å²) in [5, 5.41) is 17.5. The molecule has 0 radical (unpaired) electrons. The van der Waals surface area contributed by atoms with Crippen molar-refractivity contribution in [1.82, 2.24) is 25.1 Å². The maximum Gasteiger partial charge on any atom is 0.306 e. The van der Waals surface area contributed by atoms with Gasteiger partial charge < -0.3 is 19.2 Å². The zero-order chi connectivity index (χ0) is 22.2. The number of hydrogen-bond acceptors (Lipinski definition) is 7. The molecule has 0 amide bonds. The minimum atomic E-state index is -0.737. The maximum atomic E-state index is 11.1. The highest BCUT2D eigenvalue weighted by Gasteiger charge is 2.27. The molecular weight excluding hydrogens is 434 g/mol. The number of carboxylic acids is 1. The fraction of sp³-hybridized carbons (Fsp3) is 0.318. The Balaban J connectivity index is 1.35. The molecule has 4 aromatic rings. The number of pyridine rings is 1. The van der Waals surface area contributed by atoms with Crippen LogP contribution in [0.2, 0.25) is 5.02 Å². The van der Waals surface area contributed by atoms with Gasteiger partial charge in [0, 0.05) is 18.1 Å². The van der Waals surface area contributed by atoms with Crippen LogP contribution in [0.25, 0.3) is 33.9 Å². The van der Waals surface area contributed by atoms with E-state index in [1.807, 2.05) is 24.3 Å². The molecule has 3 heterocycles. The second kappa shape index (κ2) is 8.23. The summed E-state index contributed by atoms with van der Waals surface area (Å²) in [6.07, 6.45) is 2.50. The third-order valence-electron chi connectivity index (χ3n) is 5.64. The van der Waals surface area contributed by atoms with Crippen LogP contribution in [0.3, 0.4) is 0 Å². The Hall–Kier alpha value is -3.46. The number of H-pyrrole nitrogens is 1. The largest absolute Gasteiger partial charge is 0.481 e. The second-order valence-electron chi connectivity index (χ2n) is 7.87. The molecule has 0 atom stereocenters. The van der Waals surface area contributed by atoms with Crippen LogP contribution >= 0.6 is 11.6 Å². The Morgan fingerprint density at radius 2 is 1.84 bits per heavy atom. The summed E-state index contributed by atoms with van der Waals surface area (Å²) in [6, 6.07) is 9.66. The molecule has 5 rings (SSSR count). The van der Waals surface area contributed by atoms with Gasteiger partial charge in [0.25, 0.3) is 6.01 Å². The quantitative estimate of drug-likeness (QED) is 0.446. The number of aliphatic carboxylic acids is 1. The van der Waals surface area contributed by atoms with Crippen molar-refractivity contribution < 1.29 is 19.1 Å². The van der Waals surface area contributed by atoms with E-state index in [0.717, 1.165) is 11.1 Å². The number of fused-ring (bicyclic) bond motifs is 1. The van der Waals surface area contributed by atoms with Crippen LogP contribution < -0.4 is 4.74 Å². The first-order valence-electron chi connectivity index (χ1n) is 10.3. The number of carboxylic acid groups (broad SMARTS) is 1. The third kappa shape index (κ3) is 4.03. The number of rotatable bonds is 5. The van der Waals surface area contributed by atoms with Crippen LogP contribution in [0.15, 0.2) is 34.7 Å². The van der Waals surface area contributed by atoms with Crippen molar-refractivity contribution in [3.05, 3.63) is 41.2 Å². The first kappa shape index (κ1) is 20.4. The lowest BCUT2D eigenvalue weighted by Crippen LogP contribution is -2.28. The number of ether oxygens (including phenoxy) is 1. The number of nitrogens with one attached hydrogen (secondary N) is 1. The molecule has 32 heavy (non-hydrogen) atoms. The van der Waals surface area contributed by atoms with Crippen molar-refractivity contribution in [3.8, 4) is 28.7 Å². The van der Waals surface area contributed by atoms with Crippen LogP contribution in [-0.2, 0) is 4.79 Å². The zero-order valence-electron chi connectivity index (χ0n) is 17.2. The van der Waals surface area contributed by atoms with Crippen LogP contribution in [0, 0.1) is 12.8 Å². The predicted octanol–water partition coefficient (Wildman–Crippen LogP) is 4.66. The molecular formula is C22H20ClN5O4. The number of nitrogens with zero attached hydrogens (tertiary/aromatic N) is 4. The molecule has 0 saturated heterocycles. The van der Waals surface area contributed by atoms with Crippen LogP contribution in [-0.4, -0.2) is 42.3 Å². The summed E-state index contributed by atoms with van der Waals surface area (Å²) in [6.45, 7) is 1.74. The highest BCUT2D eigenvalue weighted by molar-refractivity contribution is 6.33. The molecule has 0 spiro atoms. The summed E-state index contributed by atoms with van der Waals surface area (Å²) in [5.41, 5.74) is 3.41. The Morgan fingerprint density at radius 3 is 2.50 bits per heavy atom. The van der Waals surface area contributed by atoms with Crippen molar-refractivity contribution in [3.63, 3.8) is 0 Å². The molecule has 1 aliphatic carbocycles. The summed E-state index contributed by atoms with van der Waals surface area (Å²) >= 11 is 6.50. The van der Waals surface area contributed by atoms with E-state index in [9.17, 15) is 4.79 Å². The Morgan fingerprint density at radius 1 is 1.12 bits per heavy atom. The average Bonchev–Trinajstić information content (AvgIpc) is 3.39. The molecule has 10 heteroatoms. The Kier molecular flexibility index (Phi) is 5.26. The smallest absolute Gasteiger partial charge is 0.306 e. The Labute approximate surface area is 187 Å². The number of hydrogen-bond donors (Lipinski definition) is 2. The minimum Gasteiger partial charge on any atom is -0.481 e. The standard InChI is InChI=1S/C22H20ClN5O4/c1-11-27-28-20(31-11)13-4-2-12(3-5-13)18-16(23)10-17-19(25-18)26-22(24-17)32-15-8-6-14(7-9-15)21(29)30/h2-5,10,14-15H,6-9H2,1H3,(H,29,30)(H,24,25,26). The van der Waals surface area contributed by atoms with Crippen LogP contribution in [0.1, 0.15) is 31.6 Å².